The summed E-state index contributed by atoms with van der Waals surface area (Å²) < 4.78 is 5.72. The number of nitrogens with zero attached hydrogens (tertiary/aromatic N) is 1. The normalized spacial score (nSPS) is 21.7. The summed E-state index contributed by atoms with van der Waals surface area (Å²) in [6.45, 7) is 2.53. The molecule has 4 rings (SSSR count). The van der Waals surface area contributed by atoms with Gasteiger partial charge in [0.25, 0.3) is 5.91 Å². The van der Waals surface area contributed by atoms with Crippen LogP contribution in [0.4, 0.5) is 4.79 Å². The van der Waals surface area contributed by atoms with Crippen LogP contribution < -0.4 is 10.1 Å². The van der Waals surface area contributed by atoms with Crippen molar-refractivity contribution in [3.63, 3.8) is 0 Å². The van der Waals surface area contributed by atoms with Crippen LogP contribution in [-0.4, -0.2) is 30.0 Å². The first-order valence-corrected chi connectivity index (χ1v) is 9.52. The zero-order chi connectivity index (χ0) is 18.9. The first-order chi connectivity index (χ1) is 13.1. The Morgan fingerprint density at radius 2 is 1.85 bits per heavy atom. The highest BCUT2D eigenvalue weighted by Crippen LogP contribution is 2.38. The monoisotopic (exact) mass is 364 g/mol. The number of hydrogen-bond donors (Lipinski definition) is 1. The smallest absolute Gasteiger partial charge is 0.325 e. The number of carbonyl (C=O) groups is 2. The molecule has 1 heterocycles. The average molecular weight is 364 g/mol. The van der Waals surface area contributed by atoms with Gasteiger partial charge in [-0.25, -0.2) is 4.79 Å². The number of imide groups is 1. The molecule has 2 aromatic rings. The van der Waals surface area contributed by atoms with Crippen molar-refractivity contribution in [3.8, 4) is 5.75 Å². The summed E-state index contributed by atoms with van der Waals surface area (Å²) in [6.07, 6.45) is 3.52. The van der Waals surface area contributed by atoms with E-state index in [2.05, 4.69) is 11.4 Å². The van der Waals surface area contributed by atoms with Crippen molar-refractivity contribution < 1.29 is 14.3 Å². The van der Waals surface area contributed by atoms with E-state index in [1.807, 2.05) is 49.4 Å². The van der Waals surface area contributed by atoms with E-state index in [-0.39, 0.29) is 25.1 Å². The molecular formula is C22H24N2O3. The Kier molecular flexibility index (Phi) is 4.60. The fourth-order valence-corrected chi connectivity index (χ4v) is 4.07. The molecule has 1 fully saturated rings. The molecule has 1 aliphatic heterocycles. The molecule has 5 heteroatoms. The van der Waals surface area contributed by atoms with Gasteiger partial charge in [-0.2, -0.15) is 0 Å². The molecule has 5 nitrogen and oxygen atoms in total. The maximum absolute atomic E-state index is 13.3. The van der Waals surface area contributed by atoms with Gasteiger partial charge in [-0.15, -0.1) is 0 Å². The van der Waals surface area contributed by atoms with Gasteiger partial charge in [0.1, 0.15) is 17.9 Å². The van der Waals surface area contributed by atoms with Crippen molar-refractivity contribution in [2.24, 2.45) is 0 Å². The van der Waals surface area contributed by atoms with E-state index < -0.39 is 5.54 Å². The van der Waals surface area contributed by atoms with Crippen LogP contribution in [0.2, 0.25) is 0 Å². The Morgan fingerprint density at radius 1 is 1.07 bits per heavy atom. The summed E-state index contributed by atoms with van der Waals surface area (Å²) in [6, 6.07) is 15.4. The second-order valence-corrected chi connectivity index (χ2v) is 7.32. The maximum atomic E-state index is 13.3. The predicted octanol–water partition coefficient (Wildman–Crippen LogP) is 3.55. The SMILES string of the molecule is Cc1ccc(OCCN2C(=O)NC3(CCCCc4ccccc43)C2=O)cc1. The van der Waals surface area contributed by atoms with E-state index in [4.69, 9.17) is 4.74 Å². The third-order valence-corrected chi connectivity index (χ3v) is 5.51. The number of fused-ring (bicyclic) bond motifs is 2. The first kappa shape index (κ1) is 17.6. The highest BCUT2D eigenvalue weighted by Gasteiger charge is 2.53. The second-order valence-electron chi connectivity index (χ2n) is 7.32. The minimum atomic E-state index is -0.923. The van der Waals surface area contributed by atoms with Gasteiger partial charge >= 0.3 is 6.03 Å². The highest BCUT2D eigenvalue weighted by atomic mass is 16.5. The lowest BCUT2D eigenvalue weighted by atomic mass is 9.84. The van der Waals surface area contributed by atoms with Gasteiger partial charge in [0.15, 0.2) is 0 Å². The molecular weight excluding hydrogens is 340 g/mol. The van der Waals surface area contributed by atoms with Crippen LogP contribution in [0.1, 0.15) is 36.0 Å². The highest BCUT2D eigenvalue weighted by molar-refractivity contribution is 6.07. The lowest BCUT2D eigenvalue weighted by Crippen LogP contribution is -2.44. The molecule has 1 aliphatic carbocycles. The van der Waals surface area contributed by atoms with Gasteiger partial charge in [0.05, 0.1) is 6.54 Å². The van der Waals surface area contributed by atoms with E-state index in [1.54, 1.807) is 0 Å². The zero-order valence-electron chi connectivity index (χ0n) is 15.5. The van der Waals surface area contributed by atoms with E-state index in [0.29, 0.717) is 6.42 Å². The first-order valence-electron chi connectivity index (χ1n) is 9.52. The van der Waals surface area contributed by atoms with E-state index in [0.717, 1.165) is 41.7 Å². The van der Waals surface area contributed by atoms with Crippen LogP contribution in [0.3, 0.4) is 0 Å². The number of benzene rings is 2. The van der Waals surface area contributed by atoms with Gasteiger partial charge < -0.3 is 10.1 Å². The van der Waals surface area contributed by atoms with Crippen LogP contribution in [-0.2, 0) is 16.8 Å². The molecule has 0 bridgehead atoms. The van der Waals surface area contributed by atoms with Gasteiger partial charge in [0, 0.05) is 0 Å². The fourth-order valence-electron chi connectivity index (χ4n) is 4.07. The number of nitrogens with one attached hydrogen (secondary N) is 1. The second kappa shape index (κ2) is 7.06. The van der Waals surface area contributed by atoms with Gasteiger partial charge in [-0.05, 0) is 55.9 Å². The molecule has 140 valence electrons. The van der Waals surface area contributed by atoms with Crippen LogP contribution in [0.15, 0.2) is 48.5 Å². The molecule has 27 heavy (non-hydrogen) atoms. The van der Waals surface area contributed by atoms with Crippen molar-refractivity contribution in [2.45, 2.75) is 38.1 Å². The van der Waals surface area contributed by atoms with Crippen molar-refractivity contribution >= 4 is 11.9 Å². The molecule has 1 spiro atoms. The number of aryl methyl sites for hydroxylation is 2. The molecule has 0 aromatic heterocycles. The van der Waals surface area contributed by atoms with Crippen molar-refractivity contribution in [1.82, 2.24) is 10.2 Å². The third kappa shape index (κ3) is 3.18. The van der Waals surface area contributed by atoms with Crippen LogP contribution in [0.25, 0.3) is 0 Å². The lowest BCUT2D eigenvalue weighted by Gasteiger charge is -2.27. The summed E-state index contributed by atoms with van der Waals surface area (Å²) in [7, 11) is 0. The topological polar surface area (TPSA) is 58.6 Å². The molecule has 3 amide bonds. The number of amides is 3. The Labute approximate surface area is 159 Å². The van der Waals surface area contributed by atoms with Crippen molar-refractivity contribution in [3.05, 3.63) is 65.2 Å². The maximum Gasteiger partial charge on any atom is 0.325 e. The van der Waals surface area contributed by atoms with Gasteiger partial charge in [0.2, 0.25) is 0 Å². The molecule has 1 N–H and O–H groups in total. The molecule has 2 aliphatic rings. The van der Waals surface area contributed by atoms with Gasteiger partial charge in [-0.3, -0.25) is 9.69 Å². The summed E-state index contributed by atoms with van der Waals surface area (Å²) in [4.78, 5) is 27.2. The minimum Gasteiger partial charge on any atom is -0.492 e. The van der Waals surface area contributed by atoms with E-state index in [1.165, 1.54) is 4.90 Å². The summed E-state index contributed by atoms with van der Waals surface area (Å²) in [5, 5.41) is 3.00. The molecule has 1 atom stereocenters. The van der Waals surface area contributed by atoms with E-state index in [9.17, 15) is 9.59 Å². The number of ether oxygens (including phenoxy) is 1. The lowest BCUT2D eigenvalue weighted by molar-refractivity contribution is -0.132. The number of carbonyl (C=O) groups excluding carboxylic acids is 2. The quantitative estimate of drug-likeness (QED) is 0.844. The van der Waals surface area contributed by atoms with Crippen molar-refractivity contribution in [2.75, 3.05) is 13.2 Å². The van der Waals surface area contributed by atoms with E-state index >= 15 is 0 Å². The van der Waals surface area contributed by atoms with Crippen LogP contribution in [0.5, 0.6) is 5.75 Å². The molecule has 0 saturated carbocycles. The largest absolute Gasteiger partial charge is 0.492 e. The molecule has 2 aromatic carbocycles. The van der Waals surface area contributed by atoms with Crippen molar-refractivity contribution in [1.29, 1.82) is 0 Å². The molecule has 1 unspecified atom stereocenters. The Hall–Kier alpha value is -2.82. The summed E-state index contributed by atoms with van der Waals surface area (Å²) in [5.74, 6) is 0.580. The average Bonchev–Trinajstić information content (AvgIpc) is 2.82. The fraction of sp³-hybridized carbons (Fsp3) is 0.364. The van der Waals surface area contributed by atoms with Crippen LogP contribution >= 0.6 is 0 Å². The molecule has 0 radical (unpaired) electrons. The standard InChI is InChI=1S/C22H24N2O3/c1-16-9-11-18(12-10-16)27-15-14-24-20(25)22(23-21(24)26)13-5-4-7-17-6-2-3-8-19(17)22/h2-3,6,8-12H,4-5,7,13-15H2,1H3,(H,23,26). The number of hydrogen-bond acceptors (Lipinski definition) is 3. The third-order valence-electron chi connectivity index (χ3n) is 5.51. The Balaban J connectivity index is 1.51. The Morgan fingerprint density at radius 3 is 2.67 bits per heavy atom. The van der Waals surface area contributed by atoms with Crippen LogP contribution in [0, 0.1) is 6.92 Å². The number of rotatable bonds is 4. The number of urea groups is 1. The predicted molar refractivity (Wildman–Crippen MR) is 103 cm³/mol. The Bertz CT molecular complexity index is 862. The summed E-state index contributed by atoms with van der Waals surface area (Å²) in [5.41, 5.74) is 2.34. The molecule has 1 saturated heterocycles. The minimum absolute atomic E-state index is 0.158. The zero-order valence-corrected chi connectivity index (χ0v) is 15.5. The van der Waals surface area contributed by atoms with Gasteiger partial charge in [-0.1, -0.05) is 42.0 Å². The summed E-state index contributed by atoms with van der Waals surface area (Å²) >= 11 is 0.